The monoisotopic (exact) mass is 355 g/mol. The molecule has 8 heteroatoms. The molecule has 0 N–H and O–H groups in total. The van der Waals surface area contributed by atoms with E-state index in [-0.39, 0.29) is 0 Å². The highest BCUT2D eigenvalue weighted by Crippen LogP contribution is 2.32. The van der Waals surface area contributed by atoms with Crippen LogP contribution >= 0.6 is 0 Å². The first-order valence-corrected chi connectivity index (χ1v) is 7.61. The largest absolute Gasteiger partial charge is 0.459 e. The summed E-state index contributed by atoms with van der Waals surface area (Å²) in [7, 11) is 0. The lowest BCUT2D eigenvalue weighted by Crippen LogP contribution is -2.35. The molecule has 0 radical (unpaired) electrons. The van der Waals surface area contributed by atoms with E-state index in [0.717, 1.165) is 18.2 Å². The Balaban J connectivity index is 3.46. The smallest absolute Gasteiger partial charge is 0.325 e. The van der Waals surface area contributed by atoms with Gasteiger partial charge in [0.15, 0.2) is 5.92 Å². The molecule has 1 rings (SSSR count). The molecular weight excluding hydrogens is 333 g/mol. The van der Waals surface area contributed by atoms with Gasteiger partial charge in [-0.25, -0.2) is 4.39 Å². The van der Waals surface area contributed by atoms with Gasteiger partial charge in [-0.3, -0.25) is 19.7 Å². The maximum atomic E-state index is 13.6. The molecule has 0 aliphatic heterocycles. The number of hydrogen-bond acceptors (Lipinski definition) is 6. The summed E-state index contributed by atoms with van der Waals surface area (Å²) in [6.45, 7) is 9.48. The molecule has 25 heavy (non-hydrogen) atoms. The van der Waals surface area contributed by atoms with Crippen LogP contribution in [0.4, 0.5) is 10.1 Å². The Morgan fingerprint density at radius 3 is 1.84 bits per heavy atom. The van der Waals surface area contributed by atoms with Crippen LogP contribution in [-0.4, -0.2) is 28.1 Å². The Morgan fingerprint density at radius 1 is 1.04 bits per heavy atom. The maximum Gasteiger partial charge on any atom is 0.325 e. The molecule has 0 amide bonds. The van der Waals surface area contributed by atoms with Gasteiger partial charge in [0.1, 0.15) is 17.0 Å². The normalized spacial score (nSPS) is 12.0. The summed E-state index contributed by atoms with van der Waals surface area (Å²) < 4.78 is 24.0. The second-order valence-corrected chi connectivity index (χ2v) is 7.46. The summed E-state index contributed by atoms with van der Waals surface area (Å²) >= 11 is 0. The number of carbonyl (C=O) groups is 2. The molecule has 0 aromatic heterocycles. The molecule has 0 aliphatic rings. The van der Waals surface area contributed by atoms with Gasteiger partial charge in [-0.1, -0.05) is 0 Å². The average molecular weight is 355 g/mol. The van der Waals surface area contributed by atoms with E-state index in [9.17, 15) is 24.1 Å². The summed E-state index contributed by atoms with van der Waals surface area (Å²) in [5.41, 5.74) is -2.87. The van der Waals surface area contributed by atoms with E-state index in [0.29, 0.717) is 0 Å². The van der Waals surface area contributed by atoms with E-state index in [1.807, 2.05) is 0 Å². The molecule has 1 aromatic rings. The van der Waals surface area contributed by atoms with Crippen LogP contribution in [0.2, 0.25) is 0 Å². The number of carbonyl (C=O) groups excluding carboxylic acids is 2. The number of nitro benzene ring substituents is 1. The van der Waals surface area contributed by atoms with E-state index < -0.39 is 51.0 Å². The van der Waals surface area contributed by atoms with Crippen molar-refractivity contribution in [2.24, 2.45) is 0 Å². The molecule has 0 saturated carbocycles. The number of ether oxygens (including phenoxy) is 2. The quantitative estimate of drug-likeness (QED) is 0.355. The van der Waals surface area contributed by atoms with Crippen molar-refractivity contribution < 1.29 is 28.4 Å². The molecule has 0 bridgehead atoms. The van der Waals surface area contributed by atoms with Crippen LogP contribution in [0, 0.1) is 15.9 Å². The van der Waals surface area contributed by atoms with Gasteiger partial charge < -0.3 is 9.47 Å². The topological polar surface area (TPSA) is 95.7 Å². The van der Waals surface area contributed by atoms with Crippen molar-refractivity contribution in [1.82, 2.24) is 0 Å². The second kappa shape index (κ2) is 7.16. The minimum atomic E-state index is -1.77. The van der Waals surface area contributed by atoms with Crippen LogP contribution in [0.25, 0.3) is 0 Å². The van der Waals surface area contributed by atoms with Crippen LogP contribution in [-0.2, 0) is 19.1 Å². The van der Waals surface area contributed by atoms with Gasteiger partial charge in [0.25, 0.3) is 5.69 Å². The Labute approximate surface area is 145 Å². The number of nitrogens with zero attached hydrogens (tertiary/aromatic N) is 1. The van der Waals surface area contributed by atoms with Crippen molar-refractivity contribution in [1.29, 1.82) is 0 Å². The molecule has 1 aromatic carbocycles. The van der Waals surface area contributed by atoms with Gasteiger partial charge in [0.05, 0.1) is 10.5 Å². The lowest BCUT2D eigenvalue weighted by molar-refractivity contribution is -0.385. The molecule has 0 saturated heterocycles. The SMILES string of the molecule is CC(C)(C)OC(=O)C(C(=O)OC(C)(C)C)c1cc(F)ccc1[N+](=O)[O-]. The predicted octanol–water partition coefficient (Wildman–Crippen LogP) is 3.50. The minimum absolute atomic E-state index is 0.409. The summed E-state index contributed by atoms with van der Waals surface area (Å²) in [6, 6.07) is 2.55. The van der Waals surface area contributed by atoms with Gasteiger partial charge in [-0.2, -0.15) is 0 Å². The fourth-order valence-corrected chi connectivity index (χ4v) is 1.99. The predicted molar refractivity (Wildman–Crippen MR) is 87.5 cm³/mol. The highest BCUT2D eigenvalue weighted by atomic mass is 19.1. The summed E-state index contributed by atoms with van der Waals surface area (Å²) in [6.07, 6.45) is 0. The van der Waals surface area contributed by atoms with Crippen LogP contribution in [0.15, 0.2) is 18.2 Å². The summed E-state index contributed by atoms with van der Waals surface area (Å²) in [4.78, 5) is 35.4. The van der Waals surface area contributed by atoms with Crippen molar-refractivity contribution in [3.63, 3.8) is 0 Å². The Kier molecular flexibility index (Phi) is 5.88. The van der Waals surface area contributed by atoms with Gasteiger partial charge in [-0.15, -0.1) is 0 Å². The second-order valence-electron chi connectivity index (χ2n) is 7.46. The average Bonchev–Trinajstić information content (AvgIpc) is 2.33. The fourth-order valence-electron chi connectivity index (χ4n) is 1.99. The lowest BCUT2D eigenvalue weighted by atomic mass is 9.96. The third-order valence-corrected chi connectivity index (χ3v) is 2.78. The van der Waals surface area contributed by atoms with Crippen LogP contribution in [0.3, 0.4) is 0 Å². The van der Waals surface area contributed by atoms with Crippen molar-refractivity contribution in [3.8, 4) is 0 Å². The van der Waals surface area contributed by atoms with Crippen molar-refractivity contribution in [2.75, 3.05) is 0 Å². The van der Waals surface area contributed by atoms with Crippen molar-refractivity contribution in [2.45, 2.75) is 58.7 Å². The standard InChI is InChI=1S/C17H22FNO6/c1-16(2,3)24-14(20)13(15(21)25-17(4,5)6)11-9-10(18)7-8-12(11)19(22)23/h7-9,13H,1-6H3. The van der Waals surface area contributed by atoms with E-state index in [4.69, 9.17) is 9.47 Å². The van der Waals surface area contributed by atoms with Crippen LogP contribution < -0.4 is 0 Å². The molecule has 0 aliphatic carbocycles. The third kappa shape index (κ3) is 6.13. The fraction of sp³-hybridized carbons (Fsp3) is 0.529. The molecule has 138 valence electrons. The van der Waals surface area contributed by atoms with Gasteiger partial charge in [0, 0.05) is 6.07 Å². The molecule has 0 heterocycles. The Hall–Kier alpha value is -2.51. The number of benzene rings is 1. The molecule has 7 nitrogen and oxygen atoms in total. The molecule has 0 spiro atoms. The maximum absolute atomic E-state index is 13.6. The van der Waals surface area contributed by atoms with Crippen LogP contribution in [0.5, 0.6) is 0 Å². The zero-order chi connectivity index (χ0) is 19.6. The summed E-state index contributed by atoms with van der Waals surface area (Å²) in [5, 5.41) is 11.2. The number of rotatable bonds is 4. The lowest BCUT2D eigenvalue weighted by Gasteiger charge is -2.26. The number of hydrogen-bond donors (Lipinski definition) is 0. The van der Waals surface area contributed by atoms with Crippen LogP contribution in [0.1, 0.15) is 53.0 Å². The van der Waals surface area contributed by atoms with E-state index in [1.165, 1.54) is 0 Å². The van der Waals surface area contributed by atoms with Crippen molar-refractivity contribution >= 4 is 17.6 Å². The number of nitro groups is 1. The number of halogens is 1. The van der Waals surface area contributed by atoms with Gasteiger partial charge in [-0.05, 0) is 53.7 Å². The first-order valence-electron chi connectivity index (χ1n) is 7.61. The van der Waals surface area contributed by atoms with E-state index >= 15 is 0 Å². The minimum Gasteiger partial charge on any atom is -0.459 e. The molecule has 0 unspecified atom stereocenters. The Morgan fingerprint density at radius 2 is 1.48 bits per heavy atom. The zero-order valence-corrected chi connectivity index (χ0v) is 15.1. The number of esters is 2. The first-order chi connectivity index (χ1) is 11.2. The van der Waals surface area contributed by atoms with E-state index in [2.05, 4.69) is 0 Å². The highest BCUT2D eigenvalue weighted by molar-refractivity contribution is 6.02. The van der Waals surface area contributed by atoms with Gasteiger partial charge in [0.2, 0.25) is 0 Å². The zero-order valence-electron chi connectivity index (χ0n) is 15.1. The van der Waals surface area contributed by atoms with Gasteiger partial charge >= 0.3 is 11.9 Å². The van der Waals surface area contributed by atoms with Crippen molar-refractivity contribution in [3.05, 3.63) is 39.7 Å². The first kappa shape index (κ1) is 20.5. The molecule has 0 fully saturated rings. The molecular formula is C17H22FNO6. The highest BCUT2D eigenvalue weighted by Gasteiger charge is 2.40. The molecule has 0 atom stereocenters. The summed E-state index contributed by atoms with van der Waals surface area (Å²) in [5.74, 6) is -4.68. The third-order valence-electron chi connectivity index (χ3n) is 2.78. The Bertz CT molecular complexity index is 659. The van der Waals surface area contributed by atoms with E-state index in [1.54, 1.807) is 41.5 Å².